The zero-order chi connectivity index (χ0) is 9.84. The number of hydrogen-bond donors (Lipinski definition) is 1. The van der Waals surface area contributed by atoms with E-state index in [4.69, 9.17) is 5.73 Å². The molecular formula is C10H20N2O. The summed E-state index contributed by atoms with van der Waals surface area (Å²) in [6.45, 7) is 5.38. The standard InChI is InChI=1S/C10H20N2O/c1-8(7-11)10-5-3-4-6-12(10)9(2)13/h8,10H,3-7,11H2,1-2H3. The molecule has 76 valence electrons. The Kier molecular flexibility index (Phi) is 3.72. The fourth-order valence-electron chi connectivity index (χ4n) is 2.10. The fourth-order valence-corrected chi connectivity index (χ4v) is 2.10. The molecule has 2 N–H and O–H groups in total. The van der Waals surface area contributed by atoms with Crippen LogP contribution in [0.1, 0.15) is 33.1 Å². The fraction of sp³-hybridized carbons (Fsp3) is 0.900. The van der Waals surface area contributed by atoms with Gasteiger partial charge in [-0.1, -0.05) is 6.92 Å². The number of nitrogens with two attached hydrogens (primary N) is 1. The van der Waals surface area contributed by atoms with Crippen LogP contribution in [0.2, 0.25) is 0 Å². The molecule has 3 nitrogen and oxygen atoms in total. The Bertz CT molecular complexity index is 182. The topological polar surface area (TPSA) is 46.3 Å². The van der Waals surface area contributed by atoms with Gasteiger partial charge in [0.15, 0.2) is 0 Å². The van der Waals surface area contributed by atoms with E-state index < -0.39 is 0 Å². The summed E-state index contributed by atoms with van der Waals surface area (Å²) < 4.78 is 0. The number of carbonyl (C=O) groups is 1. The van der Waals surface area contributed by atoms with Crippen molar-refractivity contribution in [2.75, 3.05) is 13.1 Å². The summed E-state index contributed by atoms with van der Waals surface area (Å²) in [6, 6.07) is 0.385. The van der Waals surface area contributed by atoms with Crippen LogP contribution in [-0.2, 0) is 4.79 Å². The van der Waals surface area contributed by atoms with Crippen LogP contribution in [0.25, 0.3) is 0 Å². The van der Waals surface area contributed by atoms with Crippen molar-refractivity contribution in [1.82, 2.24) is 4.90 Å². The van der Waals surface area contributed by atoms with Gasteiger partial charge in [-0.05, 0) is 31.7 Å². The summed E-state index contributed by atoms with van der Waals surface area (Å²) in [4.78, 5) is 13.3. The van der Waals surface area contributed by atoms with Crippen molar-refractivity contribution in [3.63, 3.8) is 0 Å². The number of rotatable bonds is 2. The average molecular weight is 184 g/mol. The third kappa shape index (κ3) is 2.44. The lowest BCUT2D eigenvalue weighted by atomic mass is 9.91. The number of likely N-dealkylation sites (tertiary alicyclic amines) is 1. The normalized spacial score (nSPS) is 25.8. The van der Waals surface area contributed by atoms with E-state index in [0.29, 0.717) is 18.5 Å². The Balaban J connectivity index is 2.61. The van der Waals surface area contributed by atoms with E-state index in [2.05, 4.69) is 6.92 Å². The van der Waals surface area contributed by atoms with Crippen LogP contribution in [-0.4, -0.2) is 29.9 Å². The molecule has 1 saturated heterocycles. The highest BCUT2D eigenvalue weighted by Gasteiger charge is 2.27. The number of amides is 1. The molecule has 0 aromatic rings. The highest BCUT2D eigenvalue weighted by molar-refractivity contribution is 5.73. The van der Waals surface area contributed by atoms with E-state index in [1.54, 1.807) is 6.92 Å². The Morgan fingerprint density at radius 3 is 2.85 bits per heavy atom. The van der Waals surface area contributed by atoms with Crippen molar-refractivity contribution in [2.45, 2.75) is 39.2 Å². The zero-order valence-corrected chi connectivity index (χ0v) is 8.62. The molecule has 1 heterocycles. The molecule has 13 heavy (non-hydrogen) atoms. The second kappa shape index (κ2) is 4.61. The number of carbonyl (C=O) groups excluding carboxylic acids is 1. The summed E-state index contributed by atoms with van der Waals surface area (Å²) in [5, 5.41) is 0. The summed E-state index contributed by atoms with van der Waals surface area (Å²) >= 11 is 0. The minimum Gasteiger partial charge on any atom is -0.340 e. The predicted octanol–water partition coefficient (Wildman–Crippen LogP) is 0.982. The molecule has 1 amide bonds. The van der Waals surface area contributed by atoms with Crippen molar-refractivity contribution in [3.8, 4) is 0 Å². The highest BCUT2D eigenvalue weighted by Crippen LogP contribution is 2.22. The lowest BCUT2D eigenvalue weighted by molar-refractivity contribution is -0.133. The Morgan fingerprint density at radius 2 is 2.31 bits per heavy atom. The van der Waals surface area contributed by atoms with E-state index in [1.807, 2.05) is 4.90 Å². The molecule has 2 atom stereocenters. The molecule has 1 aliphatic rings. The SMILES string of the molecule is CC(=O)N1CCCCC1C(C)CN. The molecule has 3 heteroatoms. The van der Waals surface area contributed by atoms with Gasteiger partial charge in [0.2, 0.25) is 5.91 Å². The van der Waals surface area contributed by atoms with Gasteiger partial charge >= 0.3 is 0 Å². The quantitative estimate of drug-likeness (QED) is 0.695. The first-order valence-corrected chi connectivity index (χ1v) is 5.14. The molecule has 0 spiro atoms. The van der Waals surface area contributed by atoms with E-state index in [-0.39, 0.29) is 5.91 Å². The number of piperidine rings is 1. The number of nitrogens with zero attached hydrogens (tertiary/aromatic N) is 1. The molecule has 0 radical (unpaired) electrons. The summed E-state index contributed by atoms with van der Waals surface area (Å²) in [5.74, 6) is 0.634. The average Bonchev–Trinajstić information content (AvgIpc) is 2.16. The molecule has 1 rings (SSSR count). The molecule has 1 fully saturated rings. The van der Waals surface area contributed by atoms with Crippen LogP contribution < -0.4 is 5.73 Å². The lowest BCUT2D eigenvalue weighted by Gasteiger charge is -2.38. The maximum Gasteiger partial charge on any atom is 0.219 e. The molecule has 0 bridgehead atoms. The molecule has 0 saturated carbocycles. The van der Waals surface area contributed by atoms with Crippen molar-refractivity contribution in [1.29, 1.82) is 0 Å². The van der Waals surface area contributed by atoms with Crippen molar-refractivity contribution in [3.05, 3.63) is 0 Å². The van der Waals surface area contributed by atoms with Crippen LogP contribution >= 0.6 is 0 Å². The maximum absolute atomic E-state index is 11.3. The maximum atomic E-state index is 11.3. The van der Waals surface area contributed by atoms with Gasteiger partial charge in [-0.15, -0.1) is 0 Å². The third-order valence-corrected chi connectivity index (χ3v) is 2.98. The van der Waals surface area contributed by atoms with E-state index in [0.717, 1.165) is 19.4 Å². The minimum absolute atomic E-state index is 0.199. The molecule has 0 aromatic heterocycles. The zero-order valence-electron chi connectivity index (χ0n) is 8.62. The predicted molar refractivity (Wildman–Crippen MR) is 53.2 cm³/mol. The molecule has 0 aromatic carbocycles. The summed E-state index contributed by atoms with van der Waals surface area (Å²) in [6.07, 6.45) is 3.50. The number of hydrogen-bond acceptors (Lipinski definition) is 2. The van der Waals surface area contributed by atoms with Crippen molar-refractivity contribution in [2.24, 2.45) is 11.7 Å². The smallest absolute Gasteiger partial charge is 0.219 e. The van der Waals surface area contributed by atoms with Crippen molar-refractivity contribution >= 4 is 5.91 Å². The van der Waals surface area contributed by atoms with Gasteiger partial charge in [-0.2, -0.15) is 0 Å². The van der Waals surface area contributed by atoms with E-state index >= 15 is 0 Å². The minimum atomic E-state index is 0.199. The van der Waals surface area contributed by atoms with Crippen LogP contribution in [0, 0.1) is 5.92 Å². The second-order valence-electron chi connectivity index (χ2n) is 3.99. The molecular weight excluding hydrogens is 164 g/mol. The van der Waals surface area contributed by atoms with Crippen molar-refractivity contribution < 1.29 is 4.79 Å². The third-order valence-electron chi connectivity index (χ3n) is 2.98. The van der Waals surface area contributed by atoms with Gasteiger partial charge in [-0.3, -0.25) is 4.79 Å². The van der Waals surface area contributed by atoms with Gasteiger partial charge in [0.1, 0.15) is 0 Å². The van der Waals surface area contributed by atoms with Crippen LogP contribution in [0.5, 0.6) is 0 Å². The monoisotopic (exact) mass is 184 g/mol. The molecule has 0 aliphatic carbocycles. The highest BCUT2D eigenvalue weighted by atomic mass is 16.2. The van der Waals surface area contributed by atoms with Crippen LogP contribution in [0.4, 0.5) is 0 Å². The largest absolute Gasteiger partial charge is 0.340 e. The van der Waals surface area contributed by atoms with E-state index in [1.165, 1.54) is 6.42 Å². The Labute approximate surface area is 80.3 Å². The Morgan fingerprint density at radius 1 is 1.62 bits per heavy atom. The van der Waals surface area contributed by atoms with Gasteiger partial charge in [-0.25, -0.2) is 0 Å². The first-order valence-electron chi connectivity index (χ1n) is 5.14. The lowest BCUT2D eigenvalue weighted by Crippen LogP contribution is -2.47. The molecule has 2 unspecified atom stereocenters. The molecule has 1 aliphatic heterocycles. The summed E-state index contributed by atoms with van der Waals surface area (Å²) in [5.41, 5.74) is 5.63. The van der Waals surface area contributed by atoms with Gasteiger partial charge in [0, 0.05) is 19.5 Å². The first kappa shape index (κ1) is 10.5. The van der Waals surface area contributed by atoms with E-state index in [9.17, 15) is 4.79 Å². The van der Waals surface area contributed by atoms with Gasteiger partial charge in [0.25, 0.3) is 0 Å². The van der Waals surface area contributed by atoms with Gasteiger partial charge in [0.05, 0.1) is 0 Å². The first-order chi connectivity index (χ1) is 6.16. The van der Waals surface area contributed by atoms with Crippen LogP contribution in [0.3, 0.4) is 0 Å². The summed E-state index contributed by atoms with van der Waals surface area (Å²) in [7, 11) is 0. The van der Waals surface area contributed by atoms with Gasteiger partial charge < -0.3 is 10.6 Å². The Hall–Kier alpha value is -0.570. The van der Waals surface area contributed by atoms with Crippen LogP contribution in [0.15, 0.2) is 0 Å². The second-order valence-corrected chi connectivity index (χ2v) is 3.99.